The number of hydrogen-bond donors (Lipinski definition) is 1. The highest BCUT2D eigenvalue weighted by Crippen LogP contribution is 2.29. The summed E-state index contributed by atoms with van der Waals surface area (Å²) in [4.78, 5) is 0. The Labute approximate surface area is 116 Å². The summed E-state index contributed by atoms with van der Waals surface area (Å²) in [5.41, 5.74) is 0.555. The van der Waals surface area contributed by atoms with Crippen LogP contribution in [0.4, 0.5) is 0 Å². The zero-order chi connectivity index (χ0) is 13.8. The molecule has 0 aromatic heterocycles. The van der Waals surface area contributed by atoms with Gasteiger partial charge in [0.15, 0.2) is 0 Å². The molecule has 0 spiro atoms. The van der Waals surface area contributed by atoms with Crippen molar-refractivity contribution in [1.29, 1.82) is 0 Å². The van der Waals surface area contributed by atoms with Gasteiger partial charge in [-0.2, -0.15) is 0 Å². The minimum Gasteiger partial charge on any atom is -0.390 e. The van der Waals surface area contributed by atoms with E-state index >= 15 is 0 Å². The molecule has 2 heteroatoms. The Morgan fingerprint density at radius 3 is 1.83 bits per heavy atom. The summed E-state index contributed by atoms with van der Waals surface area (Å²) in [6.07, 6.45) is 2.39. The summed E-state index contributed by atoms with van der Waals surface area (Å²) in [5.74, 6) is 1.00. The highest BCUT2D eigenvalue weighted by molar-refractivity contribution is 6.30. The molecule has 0 aliphatic rings. The third-order valence-electron chi connectivity index (χ3n) is 3.02. The van der Waals surface area contributed by atoms with Gasteiger partial charge in [-0.15, -0.1) is 0 Å². The zero-order valence-corrected chi connectivity index (χ0v) is 12.7. The van der Waals surface area contributed by atoms with Crippen molar-refractivity contribution >= 4 is 11.6 Å². The molecule has 1 rings (SSSR count). The molecular weight excluding hydrogens is 244 g/mol. The molecule has 0 atom stereocenters. The first-order valence-corrected chi connectivity index (χ1v) is 7.15. The van der Waals surface area contributed by atoms with E-state index in [4.69, 9.17) is 11.6 Å². The lowest BCUT2D eigenvalue weighted by Gasteiger charge is -2.32. The maximum absolute atomic E-state index is 10.8. The predicted octanol–water partition coefficient (Wildman–Crippen LogP) is 4.71. The number of benzene rings is 1. The molecule has 18 heavy (non-hydrogen) atoms. The van der Waals surface area contributed by atoms with Gasteiger partial charge < -0.3 is 5.11 Å². The van der Waals surface area contributed by atoms with Crippen molar-refractivity contribution in [2.24, 2.45) is 11.8 Å². The Bertz CT molecular complexity index is 344. The quantitative estimate of drug-likeness (QED) is 0.792. The molecule has 1 aromatic carbocycles. The molecule has 0 saturated heterocycles. The Kier molecular flexibility index (Phi) is 5.68. The van der Waals surface area contributed by atoms with Gasteiger partial charge in [-0.05, 0) is 42.4 Å². The monoisotopic (exact) mass is 268 g/mol. The van der Waals surface area contributed by atoms with E-state index in [0.717, 1.165) is 23.4 Å². The van der Waals surface area contributed by atoms with Gasteiger partial charge in [0.05, 0.1) is 5.60 Å². The van der Waals surface area contributed by atoms with Gasteiger partial charge in [-0.1, -0.05) is 51.4 Å². The second-order valence-electron chi connectivity index (χ2n) is 6.22. The molecule has 0 aliphatic heterocycles. The van der Waals surface area contributed by atoms with Gasteiger partial charge in [-0.3, -0.25) is 0 Å². The Balaban J connectivity index is 2.80. The minimum absolute atomic E-state index is 0.501. The third kappa shape index (κ3) is 5.41. The predicted molar refractivity (Wildman–Crippen MR) is 79.0 cm³/mol. The summed E-state index contributed by atoms with van der Waals surface area (Å²) in [5, 5.41) is 11.6. The van der Waals surface area contributed by atoms with Gasteiger partial charge in [0.1, 0.15) is 0 Å². The lowest BCUT2D eigenvalue weighted by atomic mass is 9.81. The lowest BCUT2D eigenvalue weighted by molar-refractivity contribution is 0.000747. The summed E-state index contributed by atoms with van der Waals surface area (Å²) >= 11 is 5.89. The maximum Gasteiger partial charge on any atom is 0.0692 e. The van der Waals surface area contributed by atoms with E-state index in [1.807, 2.05) is 24.3 Å². The fraction of sp³-hybridized carbons (Fsp3) is 0.625. The van der Waals surface area contributed by atoms with Crippen LogP contribution in [0.1, 0.15) is 46.1 Å². The first-order chi connectivity index (χ1) is 8.31. The van der Waals surface area contributed by atoms with Crippen molar-refractivity contribution in [3.8, 4) is 0 Å². The lowest BCUT2D eigenvalue weighted by Crippen LogP contribution is -2.34. The van der Waals surface area contributed by atoms with Gasteiger partial charge in [0, 0.05) is 11.4 Å². The average molecular weight is 269 g/mol. The topological polar surface area (TPSA) is 20.2 Å². The summed E-state index contributed by atoms with van der Waals surface area (Å²) in [7, 11) is 0. The Morgan fingerprint density at radius 2 is 1.44 bits per heavy atom. The van der Waals surface area contributed by atoms with E-state index in [9.17, 15) is 5.11 Å². The van der Waals surface area contributed by atoms with Crippen LogP contribution in [0, 0.1) is 11.8 Å². The standard InChI is InChI=1S/C16H25ClO/c1-12(2)9-16(18,10-13(3)4)11-14-5-7-15(17)8-6-14/h5-8,12-13,18H,9-11H2,1-4H3. The first-order valence-electron chi connectivity index (χ1n) is 6.77. The van der Waals surface area contributed by atoms with Crippen LogP contribution in [0.5, 0.6) is 0 Å². The van der Waals surface area contributed by atoms with Crippen molar-refractivity contribution in [1.82, 2.24) is 0 Å². The zero-order valence-electron chi connectivity index (χ0n) is 11.9. The van der Waals surface area contributed by atoms with Crippen molar-refractivity contribution in [3.05, 3.63) is 34.9 Å². The molecule has 0 saturated carbocycles. The van der Waals surface area contributed by atoms with E-state index in [-0.39, 0.29) is 0 Å². The van der Waals surface area contributed by atoms with Crippen LogP contribution in [0.25, 0.3) is 0 Å². The van der Waals surface area contributed by atoms with Crippen molar-refractivity contribution < 1.29 is 5.11 Å². The van der Waals surface area contributed by atoms with Crippen molar-refractivity contribution in [2.75, 3.05) is 0 Å². The Morgan fingerprint density at radius 1 is 1.00 bits per heavy atom. The second-order valence-corrected chi connectivity index (χ2v) is 6.66. The van der Waals surface area contributed by atoms with Gasteiger partial charge >= 0.3 is 0 Å². The minimum atomic E-state index is -0.601. The highest BCUT2D eigenvalue weighted by Gasteiger charge is 2.29. The second kappa shape index (κ2) is 6.58. The van der Waals surface area contributed by atoms with Crippen LogP contribution in [0.15, 0.2) is 24.3 Å². The molecule has 0 amide bonds. The number of rotatable bonds is 6. The van der Waals surface area contributed by atoms with Gasteiger partial charge in [0.25, 0.3) is 0 Å². The molecule has 0 heterocycles. The van der Waals surface area contributed by atoms with Crippen LogP contribution in [-0.2, 0) is 6.42 Å². The molecule has 0 bridgehead atoms. The summed E-state index contributed by atoms with van der Waals surface area (Å²) in [6.45, 7) is 8.64. The normalized spacial score (nSPS) is 12.4. The largest absolute Gasteiger partial charge is 0.390 e. The maximum atomic E-state index is 10.8. The Hall–Kier alpha value is -0.530. The number of hydrogen-bond acceptors (Lipinski definition) is 1. The van der Waals surface area contributed by atoms with Crippen LogP contribution >= 0.6 is 11.6 Å². The van der Waals surface area contributed by atoms with Gasteiger partial charge in [0.2, 0.25) is 0 Å². The van der Waals surface area contributed by atoms with E-state index in [0.29, 0.717) is 18.3 Å². The average Bonchev–Trinajstić information content (AvgIpc) is 2.18. The van der Waals surface area contributed by atoms with Crippen molar-refractivity contribution in [2.45, 2.75) is 52.6 Å². The fourth-order valence-electron chi connectivity index (χ4n) is 2.73. The van der Waals surface area contributed by atoms with Crippen LogP contribution in [0.2, 0.25) is 5.02 Å². The van der Waals surface area contributed by atoms with Crippen LogP contribution in [-0.4, -0.2) is 10.7 Å². The van der Waals surface area contributed by atoms with Crippen LogP contribution in [0.3, 0.4) is 0 Å². The molecule has 0 radical (unpaired) electrons. The molecule has 1 nitrogen and oxygen atoms in total. The van der Waals surface area contributed by atoms with E-state index < -0.39 is 5.60 Å². The highest BCUT2D eigenvalue weighted by atomic mass is 35.5. The molecule has 0 unspecified atom stereocenters. The first kappa shape index (κ1) is 15.5. The summed E-state index contributed by atoms with van der Waals surface area (Å²) < 4.78 is 0. The van der Waals surface area contributed by atoms with E-state index in [1.165, 1.54) is 0 Å². The van der Waals surface area contributed by atoms with E-state index in [1.54, 1.807) is 0 Å². The smallest absolute Gasteiger partial charge is 0.0692 e. The fourth-order valence-corrected chi connectivity index (χ4v) is 2.86. The summed E-state index contributed by atoms with van der Waals surface area (Å²) in [6, 6.07) is 7.80. The molecule has 102 valence electrons. The van der Waals surface area contributed by atoms with Crippen molar-refractivity contribution in [3.63, 3.8) is 0 Å². The third-order valence-corrected chi connectivity index (χ3v) is 3.27. The number of halogens is 1. The molecular formula is C16H25ClO. The van der Waals surface area contributed by atoms with E-state index in [2.05, 4.69) is 27.7 Å². The van der Waals surface area contributed by atoms with Crippen LogP contribution < -0.4 is 0 Å². The SMILES string of the molecule is CC(C)CC(O)(Cc1ccc(Cl)cc1)CC(C)C. The molecule has 0 aliphatic carbocycles. The molecule has 1 N–H and O–H groups in total. The molecule has 0 fully saturated rings. The number of aliphatic hydroxyl groups is 1. The van der Waals surface area contributed by atoms with Gasteiger partial charge in [-0.25, -0.2) is 0 Å². The molecule has 1 aromatic rings.